The zero-order chi connectivity index (χ0) is 33.2. The molecule has 1 aromatic heterocycles. The second-order valence-electron chi connectivity index (χ2n) is 9.42. The molecule has 0 saturated carbocycles. The van der Waals surface area contributed by atoms with E-state index in [1.807, 2.05) is 0 Å². The number of benzene rings is 2. The number of amides is 3. The van der Waals surface area contributed by atoms with Gasteiger partial charge in [-0.1, -0.05) is 11.6 Å². The van der Waals surface area contributed by atoms with Gasteiger partial charge in [-0.2, -0.15) is 13.2 Å². The van der Waals surface area contributed by atoms with E-state index < -0.39 is 82.5 Å². The number of carbonyl (C=O) groups excluding carboxylic acids is 2. The second kappa shape index (κ2) is 13.2. The predicted molar refractivity (Wildman–Crippen MR) is 146 cm³/mol. The zero-order valence-corrected chi connectivity index (χ0v) is 23.5. The molecule has 1 aliphatic heterocycles. The van der Waals surface area contributed by atoms with Gasteiger partial charge < -0.3 is 40.5 Å². The maximum Gasteiger partial charge on any atom is 0.417 e. The van der Waals surface area contributed by atoms with Crippen molar-refractivity contribution in [1.82, 2.24) is 10.3 Å². The summed E-state index contributed by atoms with van der Waals surface area (Å²) >= 11 is 5.69. The van der Waals surface area contributed by atoms with Gasteiger partial charge in [-0.3, -0.25) is 14.7 Å². The summed E-state index contributed by atoms with van der Waals surface area (Å²) in [5.74, 6) is -3.45. The van der Waals surface area contributed by atoms with Crippen molar-refractivity contribution in [3.8, 4) is 11.5 Å². The van der Waals surface area contributed by atoms with E-state index in [4.69, 9.17) is 21.1 Å². The van der Waals surface area contributed by atoms with E-state index in [0.29, 0.717) is 11.0 Å². The molecule has 2 aromatic carbocycles. The van der Waals surface area contributed by atoms with Crippen molar-refractivity contribution in [3.63, 3.8) is 0 Å². The molecular formula is C27H23ClF4N4O9. The van der Waals surface area contributed by atoms with E-state index in [0.717, 1.165) is 24.3 Å². The Morgan fingerprint density at radius 2 is 1.69 bits per heavy atom. The van der Waals surface area contributed by atoms with Crippen LogP contribution in [-0.4, -0.2) is 81.0 Å². The lowest BCUT2D eigenvalue weighted by Gasteiger charge is -2.43. The molecule has 240 valence electrons. The highest BCUT2D eigenvalue weighted by atomic mass is 35.5. The van der Waals surface area contributed by atoms with Crippen molar-refractivity contribution in [2.45, 2.75) is 36.8 Å². The molecule has 3 amide bonds. The van der Waals surface area contributed by atoms with E-state index in [2.05, 4.69) is 15.6 Å². The molecule has 4 rings (SSSR count). The number of aliphatic hydroxyl groups excluding tert-OH is 3. The van der Waals surface area contributed by atoms with Gasteiger partial charge in [-0.15, -0.1) is 0 Å². The van der Waals surface area contributed by atoms with Crippen LogP contribution in [0.3, 0.4) is 0 Å². The highest BCUT2D eigenvalue weighted by Gasteiger charge is 2.50. The number of halogens is 5. The minimum absolute atomic E-state index is 0.00483. The molecule has 3 aromatic rings. The van der Waals surface area contributed by atoms with E-state index in [1.54, 1.807) is 0 Å². The van der Waals surface area contributed by atoms with Crippen molar-refractivity contribution < 1.29 is 61.8 Å². The zero-order valence-electron chi connectivity index (χ0n) is 22.7. The molecule has 0 aliphatic carbocycles. The number of aromatic nitrogens is 1. The van der Waals surface area contributed by atoms with Gasteiger partial charge in [0.2, 0.25) is 0 Å². The third-order valence-electron chi connectivity index (χ3n) is 6.45. The molecule has 0 unspecified atom stereocenters. The normalized spacial score (nSPS) is 21.5. The van der Waals surface area contributed by atoms with Gasteiger partial charge in [-0.05, 0) is 36.4 Å². The third kappa shape index (κ3) is 7.23. The Kier molecular flexibility index (Phi) is 9.79. The first-order valence-electron chi connectivity index (χ1n) is 12.7. The number of anilines is 2. The van der Waals surface area contributed by atoms with E-state index >= 15 is 4.39 Å². The number of hydrogen-bond donors (Lipinski definition) is 6. The molecular weight excluding hydrogens is 636 g/mol. The first kappa shape index (κ1) is 33.3. The minimum Gasteiger partial charge on any atom is -0.479 e. The first-order valence-corrected chi connectivity index (χ1v) is 13.0. The van der Waals surface area contributed by atoms with E-state index in [9.17, 15) is 48.0 Å². The number of hydrogen-bond acceptors (Lipinski definition) is 9. The lowest BCUT2D eigenvalue weighted by molar-refractivity contribution is -0.225. The molecule has 1 aliphatic rings. The van der Waals surface area contributed by atoms with Gasteiger partial charge in [0.15, 0.2) is 12.3 Å². The summed E-state index contributed by atoms with van der Waals surface area (Å²) < 4.78 is 66.8. The van der Waals surface area contributed by atoms with Crippen LogP contribution in [0.4, 0.5) is 33.7 Å². The van der Waals surface area contributed by atoms with Gasteiger partial charge >= 0.3 is 18.2 Å². The van der Waals surface area contributed by atoms with Gasteiger partial charge in [-0.25, -0.2) is 14.0 Å². The summed E-state index contributed by atoms with van der Waals surface area (Å²) in [6.45, 7) is 0. The number of nitrogens with zero attached hydrogens (tertiary/aromatic N) is 2. The standard InChI is InChI=1S/C27H23ClF4N4O9/c1-33-23(40)18-10-13(6-7-34-18)44-12-3-5-17(16(29)9-12)35-26(43)36(11-2-4-15(28)14(8-11)27(30,31)32)24-21(39)19(37)20(38)22(45-24)25(41)42/h2-10,19-22,24,37-39H,1H3,(H,33,40)(H,35,43)(H,41,42)/t19-,20-,21+,22-,24+/m0/s1. The molecule has 1 saturated heterocycles. The lowest BCUT2D eigenvalue weighted by atomic mass is 9.97. The molecule has 18 heteroatoms. The minimum atomic E-state index is -5.03. The summed E-state index contributed by atoms with van der Waals surface area (Å²) in [6, 6.07) is 6.30. The van der Waals surface area contributed by atoms with Gasteiger partial charge in [0.05, 0.1) is 16.3 Å². The highest BCUT2D eigenvalue weighted by Crippen LogP contribution is 2.39. The van der Waals surface area contributed by atoms with Crippen molar-refractivity contribution >= 4 is 40.9 Å². The van der Waals surface area contributed by atoms with Crippen LogP contribution in [0.25, 0.3) is 0 Å². The molecule has 0 spiro atoms. The van der Waals surface area contributed by atoms with Gasteiger partial charge in [0, 0.05) is 31.1 Å². The summed E-state index contributed by atoms with van der Waals surface area (Å²) in [5.41, 5.74) is -2.64. The van der Waals surface area contributed by atoms with E-state index in [-0.39, 0.29) is 17.2 Å². The largest absolute Gasteiger partial charge is 0.479 e. The smallest absolute Gasteiger partial charge is 0.417 e. The number of carboxylic acid groups (broad SMARTS) is 1. The second-order valence-corrected chi connectivity index (χ2v) is 9.83. The SMILES string of the molecule is CNC(=O)c1cc(Oc2ccc(NC(=O)N(c3ccc(Cl)c(C(F)(F)F)c3)[C@@H]3O[C@H](C(=O)O)[C@@H](O)[C@H](O)[C@H]3O)c(F)c2)ccn1. The lowest BCUT2D eigenvalue weighted by Crippen LogP contribution is -2.65. The molecule has 45 heavy (non-hydrogen) atoms. The number of pyridine rings is 1. The van der Waals surface area contributed by atoms with Crippen LogP contribution in [0.15, 0.2) is 54.7 Å². The predicted octanol–water partition coefficient (Wildman–Crippen LogP) is 2.98. The van der Waals surface area contributed by atoms with Crippen LogP contribution < -0.4 is 20.3 Å². The Balaban J connectivity index is 1.68. The van der Waals surface area contributed by atoms with Gasteiger partial charge in [0.25, 0.3) is 5.91 Å². The van der Waals surface area contributed by atoms with Crippen LogP contribution in [0.1, 0.15) is 16.1 Å². The topological polar surface area (TPSA) is 191 Å². The summed E-state index contributed by atoms with van der Waals surface area (Å²) in [4.78, 5) is 41.1. The van der Waals surface area contributed by atoms with Crippen LogP contribution >= 0.6 is 11.6 Å². The average molecular weight is 659 g/mol. The fourth-order valence-electron chi connectivity index (χ4n) is 4.24. The van der Waals surface area contributed by atoms with Crippen LogP contribution in [0.5, 0.6) is 11.5 Å². The molecule has 0 radical (unpaired) electrons. The van der Waals surface area contributed by atoms with E-state index in [1.165, 1.54) is 31.4 Å². The molecule has 1 fully saturated rings. The fraction of sp³-hybridized carbons (Fsp3) is 0.259. The Hall–Kier alpha value is -4.55. The molecule has 0 bridgehead atoms. The summed E-state index contributed by atoms with van der Waals surface area (Å²) in [7, 11) is 1.39. The first-order chi connectivity index (χ1) is 21.1. The number of alkyl halides is 3. The Morgan fingerprint density at radius 3 is 2.31 bits per heavy atom. The summed E-state index contributed by atoms with van der Waals surface area (Å²) in [6.07, 6.45) is -14.9. The Bertz CT molecular complexity index is 1610. The third-order valence-corrected chi connectivity index (χ3v) is 6.78. The van der Waals surface area contributed by atoms with Crippen molar-refractivity contribution in [3.05, 3.63) is 76.8 Å². The number of aliphatic carboxylic acids is 1. The monoisotopic (exact) mass is 658 g/mol. The molecule has 13 nitrogen and oxygen atoms in total. The molecule has 5 atom stereocenters. The quantitative estimate of drug-likeness (QED) is 0.206. The van der Waals surface area contributed by atoms with Crippen molar-refractivity contribution in [2.75, 3.05) is 17.3 Å². The fourth-order valence-corrected chi connectivity index (χ4v) is 4.46. The van der Waals surface area contributed by atoms with Crippen LogP contribution in [0, 0.1) is 5.82 Å². The van der Waals surface area contributed by atoms with Gasteiger partial charge in [0.1, 0.15) is 41.3 Å². The number of nitrogens with one attached hydrogen (secondary N) is 2. The number of urea groups is 1. The summed E-state index contributed by atoms with van der Waals surface area (Å²) in [5, 5.41) is 44.1. The number of rotatable bonds is 7. The Labute approximate surface area is 255 Å². The maximum absolute atomic E-state index is 15.1. The molecule has 2 heterocycles. The molecule has 6 N–H and O–H groups in total. The van der Waals surface area contributed by atoms with Crippen LogP contribution in [-0.2, 0) is 15.7 Å². The van der Waals surface area contributed by atoms with Crippen molar-refractivity contribution in [2.24, 2.45) is 0 Å². The average Bonchev–Trinajstić information content (AvgIpc) is 2.98. The number of aliphatic hydroxyl groups is 3. The maximum atomic E-state index is 15.1. The number of carbonyl (C=O) groups is 3. The number of carboxylic acids is 1. The van der Waals surface area contributed by atoms with Crippen molar-refractivity contribution in [1.29, 1.82) is 0 Å². The van der Waals surface area contributed by atoms with Crippen LogP contribution in [0.2, 0.25) is 5.02 Å². The Morgan fingerprint density at radius 1 is 1.00 bits per heavy atom. The highest BCUT2D eigenvalue weighted by molar-refractivity contribution is 6.31. The number of ether oxygens (including phenoxy) is 2.